The third kappa shape index (κ3) is 4.01. The van der Waals surface area contributed by atoms with E-state index in [1.807, 2.05) is 0 Å². The Hall–Kier alpha value is -2.82. The molecule has 32 heavy (non-hydrogen) atoms. The molecule has 1 aromatic heterocycles. The van der Waals surface area contributed by atoms with E-state index in [4.69, 9.17) is 34.8 Å². The second-order valence-electron chi connectivity index (χ2n) is 6.42. The quantitative estimate of drug-likeness (QED) is 0.501. The summed E-state index contributed by atoms with van der Waals surface area (Å²) in [6.07, 6.45) is -5.01. The van der Waals surface area contributed by atoms with Crippen molar-refractivity contribution in [3.05, 3.63) is 83.3 Å². The zero-order valence-corrected chi connectivity index (χ0v) is 17.9. The fourth-order valence-corrected chi connectivity index (χ4v) is 3.88. The summed E-state index contributed by atoms with van der Waals surface area (Å²) in [5.74, 6) is -2.61. The minimum Gasteiger partial charge on any atom is -0.478 e. The van der Waals surface area contributed by atoms with Gasteiger partial charge < -0.3 is 5.11 Å². The maximum absolute atomic E-state index is 14.7. The first-order valence-corrected chi connectivity index (χ1v) is 9.50. The highest BCUT2D eigenvalue weighted by molar-refractivity contribution is 6.42. The Morgan fingerprint density at radius 1 is 1.03 bits per heavy atom. The molecule has 0 amide bonds. The maximum Gasteiger partial charge on any atom is 0.431 e. The van der Waals surface area contributed by atoms with E-state index in [9.17, 15) is 37.1 Å². The van der Waals surface area contributed by atoms with Gasteiger partial charge in [0, 0.05) is 29.3 Å². The number of carbonyl (C=O) groups is 1. The van der Waals surface area contributed by atoms with Crippen molar-refractivity contribution in [2.24, 2.45) is 7.05 Å². The van der Waals surface area contributed by atoms with E-state index in [-0.39, 0.29) is 47.0 Å². The van der Waals surface area contributed by atoms with Crippen molar-refractivity contribution in [1.82, 2.24) is 9.13 Å². The summed E-state index contributed by atoms with van der Waals surface area (Å²) in [5, 5.41) is 8.50. The van der Waals surface area contributed by atoms with E-state index in [2.05, 4.69) is 0 Å². The molecule has 168 valence electrons. The van der Waals surface area contributed by atoms with Crippen molar-refractivity contribution in [1.29, 1.82) is 0 Å². The smallest absolute Gasteiger partial charge is 0.431 e. The van der Waals surface area contributed by atoms with Crippen molar-refractivity contribution >= 4 is 40.8 Å². The highest BCUT2D eigenvalue weighted by atomic mass is 35.5. The molecule has 0 atom stereocenters. The lowest BCUT2D eigenvalue weighted by molar-refractivity contribution is -0.144. The predicted octanol–water partition coefficient (Wildman–Crippen LogP) is 5.02. The Morgan fingerprint density at radius 2 is 1.66 bits per heavy atom. The molecule has 0 bridgehead atoms. The molecule has 0 saturated carbocycles. The summed E-state index contributed by atoms with van der Waals surface area (Å²) in [6.45, 7) is 0. The molecule has 0 spiro atoms. The standard InChI is InChI=1S/C19H9Cl3F4N2O4/c1-27-13(19(24,25)26)6-14(29)28(18(27)32)12-4-8(10(21)5-11(12)23)15-9(20)3-2-7(16(15)22)17(30)31/h2-6H,1H3,(H,30,31). The number of rotatable bonds is 3. The first kappa shape index (κ1) is 23.8. The molecule has 1 heterocycles. The van der Waals surface area contributed by atoms with Crippen LogP contribution < -0.4 is 11.2 Å². The van der Waals surface area contributed by atoms with Crippen LogP contribution in [0.5, 0.6) is 0 Å². The highest BCUT2D eigenvalue weighted by Crippen LogP contribution is 2.41. The average molecular weight is 512 g/mol. The third-order valence-electron chi connectivity index (χ3n) is 4.48. The molecule has 2 aromatic carbocycles. The van der Waals surface area contributed by atoms with Crippen LogP contribution in [-0.2, 0) is 13.2 Å². The molecule has 0 unspecified atom stereocenters. The second kappa shape index (κ2) is 8.27. The summed E-state index contributed by atoms with van der Waals surface area (Å²) in [6, 6.07) is 4.00. The fraction of sp³-hybridized carbons (Fsp3) is 0.105. The van der Waals surface area contributed by atoms with Gasteiger partial charge in [-0.2, -0.15) is 13.2 Å². The Morgan fingerprint density at radius 3 is 2.22 bits per heavy atom. The molecule has 3 rings (SSSR count). The van der Waals surface area contributed by atoms with Gasteiger partial charge in [0.05, 0.1) is 21.3 Å². The van der Waals surface area contributed by atoms with Gasteiger partial charge in [0.2, 0.25) is 0 Å². The van der Waals surface area contributed by atoms with Gasteiger partial charge in [0.1, 0.15) is 11.5 Å². The number of benzene rings is 2. The fourth-order valence-electron chi connectivity index (χ4n) is 2.98. The van der Waals surface area contributed by atoms with E-state index in [1.54, 1.807) is 0 Å². The van der Waals surface area contributed by atoms with Crippen LogP contribution in [0.2, 0.25) is 15.1 Å². The number of aromatic carboxylic acids is 1. The number of alkyl halides is 3. The van der Waals surface area contributed by atoms with Crippen LogP contribution in [0.3, 0.4) is 0 Å². The van der Waals surface area contributed by atoms with Crippen molar-refractivity contribution < 1.29 is 27.5 Å². The zero-order chi connectivity index (χ0) is 24.1. The molecule has 3 aromatic rings. The molecule has 0 radical (unpaired) electrons. The Balaban J connectivity index is 2.38. The lowest BCUT2D eigenvalue weighted by Crippen LogP contribution is -2.41. The molecule has 0 fully saturated rings. The largest absolute Gasteiger partial charge is 0.478 e. The Bertz CT molecular complexity index is 1400. The van der Waals surface area contributed by atoms with Crippen molar-refractivity contribution in [3.63, 3.8) is 0 Å². The topological polar surface area (TPSA) is 81.3 Å². The van der Waals surface area contributed by atoms with E-state index < -0.39 is 40.6 Å². The van der Waals surface area contributed by atoms with Crippen molar-refractivity contribution in [3.8, 4) is 16.8 Å². The van der Waals surface area contributed by atoms with Crippen LogP contribution in [0, 0.1) is 5.82 Å². The predicted molar refractivity (Wildman–Crippen MR) is 110 cm³/mol. The number of hydrogen-bond donors (Lipinski definition) is 1. The van der Waals surface area contributed by atoms with Crippen LogP contribution in [0.1, 0.15) is 16.1 Å². The lowest BCUT2D eigenvalue weighted by atomic mass is 10.0. The van der Waals surface area contributed by atoms with Gasteiger partial charge in [-0.3, -0.25) is 9.36 Å². The number of carboxylic acid groups (broad SMARTS) is 1. The number of aromatic nitrogens is 2. The monoisotopic (exact) mass is 510 g/mol. The van der Waals surface area contributed by atoms with Crippen LogP contribution >= 0.6 is 34.8 Å². The van der Waals surface area contributed by atoms with Gasteiger partial charge in [-0.05, 0) is 24.3 Å². The first-order valence-electron chi connectivity index (χ1n) is 8.37. The van der Waals surface area contributed by atoms with Crippen molar-refractivity contribution in [2.75, 3.05) is 0 Å². The van der Waals surface area contributed by atoms with Gasteiger partial charge in [-0.1, -0.05) is 34.8 Å². The molecule has 0 saturated heterocycles. The molecular formula is C19H9Cl3F4N2O4. The molecular weight excluding hydrogens is 503 g/mol. The highest BCUT2D eigenvalue weighted by Gasteiger charge is 2.35. The van der Waals surface area contributed by atoms with Gasteiger partial charge >= 0.3 is 17.8 Å². The molecule has 13 heteroatoms. The van der Waals surface area contributed by atoms with Crippen molar-refractivity contribution in [2.45, 2.75) is 6.18 Å². The van der Waals surface area contributed by atoms with Gasteiger partial charge in [0.15, 0.2) is 0 Å². The Labute approximate surface area is 190 Å². The minimum absolute atomic E-state index is 0.0906. The summed E-state index contributed by atoms with van der Waals surface area (Å²) >= 11 is 18.3. The van der Waals surface area contributed by atoms with Crippen LogP contribution in [0.15, 0.2) is 39.9 Å². The summed E-state index contributed by atoms with van der Waals surface area (Å²) in [4.78, 5) is 36.2. The molecule has 0 aliphatic rings. The SMILES string of the molecule is Cn1c(C(F)(F)F)cc(=O)n(-c2cc(-c3c(Cl)ccc(C(=O)O)c3Cl)c(Cl)cc2F)c1=O. The Kier molecular flexibility index (Phi) is 6.16. The van der Waals surface area contributed by atoms with Gasteiger partial charge in [-0.15, -0.1) is 0 Å². The lowest BCUT2D eigenvalue weighted by Gasteiger charge is -2.16. The first-order chi connectivity index (χ1) is 14.8. The number of nitrogens with zero attached hydrogens (tertiary/aromatic N) is 2. The average Bonchev–Trinajstić information content (AvgIpc) is 2.66. The van der Waals surface area contributed by atoms with Crippen LogP contribution in [0.25, 0.3) is 16.8 Å². The summed E-state index contributed by atoms with van der Waals surface area (Å²) < 4.78 is 54.2. The molecule has 1 N–H and O–H groups in total. The molecule has 6 nitrogen and oxygen atoms in total. The maximum atomic E-state index is 14.7. The van der Waals surface area contributed by atoms with E-state index in [0.717, 1.165) is 19.2 Å². The van der Waals surface area contributed by atoms with Gasteiger partial charge in [0.25, 0.3) is 5.56 Å². The minimum atomic E-state index is -5.01. The van der Waals surface area contributed by atoms with E-state index >= 15 is 0 Å². The van der Waals surface area contributed by atoms with E-state index in [0.29, 0.717) is 6.07 Å². The van der Waals surface area contributed by atoms with Crippen LogP contribution in [-0.4, -0.2) is 20.2 Å². The normalized spacial score (nSPS) is 11.6. The zero-order valence-electron chi connectivity index (χ0n) is 15.6. The number of hydrogen-bond acceptors (Lipinski definition) is 3. The van der Waals surface area contributed by atoms with Crippen LogP contribution in [0.4, 0.5) is 17.6 Å². The second-order valence-corrected chi connectivity index (χ2v) is 7.61. The number of carboxylic acids is 1. The summed E-state index contributed by atoms with van der Waals surface area (Å²) in [7, 11) is 0.764. The molecule has 0 aliphatic heterocycles. The molecule has 0 aliphatic carbocycles. The third-order valence-corrected chi connectivity index (χ3v) is 5.50. The number of halogens is 7. The van der Waals surface area contributed by atoms with E-state index in [1.165, 1.54) is 6.07 Å². The summed E-state index contributed by atoms with van der Waals surface area (Å²) in [5.41, 5.74) is -5.87. The van der Waals surface area contributed by atoms with Gasteiger partial charge in [-0.25, -0.2) is 18.5 Å².